The third-order valence-corrected chi connectivity index (χ3v) is 6.34. The molecule has 4 rings (SSSR count). The summed E-state index contributed by atoms with van der Waals surface area (Å²) in [6.45, 7) is 5.13. The van der Waals surface area contributed by atoms with Crippen LogP contribution in [0.4, 0.5) is 0 Å². The third-order valence-electron chi connectivity index (χ3n) is 5.01. The summed E-state index contributed by atoms with van der Waals surface area (Å²) in [5, 5.41) is 4.01. The van der Waals surface area contributed by atoms with Crippen LogP contribution in [0.1, 0.15) is 36.3 Å². The normalized spacial score (nSPS) is 15.8. The molecule has 1 aliphatic carbocycles. The van der Waals surface area contributed by atoms with Crippen molar-refractivity contribution >= 4 is 11.3 Å². The van der Waals surface area contributed by atoms with Crippen LogP contribution in [0.5, 0.6) is 0 Å². The van der Waals surface area contributed by atoms with Crippen molar-refractivity contribution in [2.75, 3.05) is 7.11 Å². The smallest absolute Gasteiger partial charge is 0.380 e. The highest BCUT2D eigenvalue weighted by Gasteiger charge is 2.32. The minimum absolute atomic E-state index is 0.232. The summed E-state index contributed by atoms with van der Waals surface area (Å²) < 4.78 is 10.2. The molecule has 0 fully saturated rings. The Morgan fingerprint density at radius 3 is 2.88 bits per heavy atom. The van der Waals surface area contributed by atoms with Gasteiger partial charge in [0, 0.05) is 22.4 Å². The van der Waals surface area contributed by atoms with Crippen molar-refractivity contribution < 1.29 is 9.26 Å². The molecule has 26 heavy (non-hydrogen) atoms. The maximum Gasteiger partial charge on any atom is 0.439 e. The first kappa shape index (κ1) is 17.2. The van der Waals surface area contributed by atoms with Gasteiger partial charge in [0.15, 0.2) is 5.82 Å². The van der Waals surface area contributed by atoms with Crippen molar-refractivity contribution in [3.8, 4) is 21.8 Å². The molecule has 0 unspecified atom stereocenters. The lowest BCUT2D eigenvalue weighted by Crippen LogP contribution is -2.21. The number of methoxy groups -OCH3 is 1. The zero-order valence-corrected chi connectivity index (χ0v) is 16.0. The van der Waals surface area contributed by atoms with Crippen LogP contribution >= 0.6 is 11.3 Å². The zero-order chi connectivity index (χ0) is 18.3. The molecule has 0 aliphatic heterocycles. The van der Waals surface area contributed by atoms with Crippen LogP contribution in [-0.4, -0.2) is 17.3 Å². The fourth-order valence-corrected chi connectivity index (χ4v) is 5.10. The second-order valence-electron chi connectivity index (χ2n) is 7.58. The van der Waals surface area contributed by atoms with Gasteiger partial charge in [-0.15, -0.1) is 11.3 Å². The topological polar surface area (TPSA) is 68.1 Å². The molecule has 0 spiro atoms. The fraction of sp³-hybridized carbons (Fsp3) is 0.400. The van der Waals surface area contributed by atoms with Crippen molar-refractivity contribution in [2.45, 2.75) is 39.7 Å². The second-order valence-corrected chi connectivity index (χ2v) is 8.69. The first-order valence-electron chi connectivity index (χ1n) is 8.76. The number of fused-ring (bicyclic) bond motifs is 1. The maximum absolute atomic E-state index is 11.6. The molecular formula is C20H22N2O3S. The van der Waals surface area contributed by atoms with Crippen LogP contribution in [0.3, 0.4) is 0 Å². The van der Waals surface area contributed by atoms with E-state index in [9.17, 15) is 4.79 Å². The number of nitrogens with zero attached hydrogens (tertiary/aromatic N) is 1. The molecule has 1 N–H and O–H groups in total. The number of aromatic amines is 1. The Kier molecular flexibility index (Phi) is 4.32. The lowest BCUT2D eigenvalue weighted by Gasteiger charge is -2.29. The van der Waals surface area contributed by atoms with Gasteiger partial charge in [0.1, 0.15) is 0 Å². The summed E-state index contributed by atoms with van der Waals surface area (Å²) in [6.07, 6.45) is 3.18. The Hall–Kier alpha value is -2.18. The van der Waals surface area contributed by atoms with E-state index in [0.717, 1.165) is 40.8 Å². The van der Waals surface area contributed by atoms with Crippen LogP contribution in [0.15, 0.2) is 33.6 Å². The van der Waals surface area contributed by atoms with Crippen molar-refractivity contribution in [3.05, 3.63) is 50.8 Å². The predicted molar refractivity (Wildman–Crippen MR) is 102 cm³/mol. The van der Waals surface area contributed by atoms with Crippen LogP contribution < -0.4 is 5.76 Å². The third kappa shape index (κ3) is 3.04. The molecule has 2 aromatic heterocycles. The molecule has 0 bridgehead atoms. The first-order valence-corrected chi connectivity index (χ1v) is 9.58. The van der Waals surface area contributed by atoms with E-state index in [1.807, 2.05) is 12.1 Å². The lowest BCUT2D eigenvalue weighted by molar-refractivity contribution is 0.185. The quantitative estimate of drug-likeness (QED) is 0.738. The molecular weight excluding hydrogens is 348 g/mol. The van der Waals surface area contributed by atoms with Crippen LogP contribution in [0, 0.1) is 5.41 Å². The van der Waals surface area contributed by atoms with Crippen LogP contribution in [0.2, 0.25) is 0 Å². The number of aryl methyl sites for hydroxylation is 1. The average molecular weight is 370 g/mol. The van der Waals surface area contributed by atoms with Gasteiger partial charge < -0.3 is 4.74 Å². The number of rotatable bonds is 4. The minimum atomic E-state index is -0.522. The number of ether oxygens (including phenoxy) is 1. The molecule has 0 saturated heterocycles. The number of hydrogen-bond acceptors (Lipinski definition) is 5. The summed E-state index contributed by atoms with van der Waals surface area (Å²) >= 11 is 1.80. The number of nitrogens with one attached hydrogen (secondary N) is 1. The molecule has 0 saturated carbocycles. The Morgan fingerprint density at radius 1 is 1.35 bits per heavy atom. The Morgan fingerprint density at radius 2 is 2.15 bits per heavy atom. The number of hydrogen-bond donors (Lipinski definition) is 1. The number of benzene rings is 1. The first-order chi connectivity index (χ1) is 12.5. The van der Waals surface area contributed by atoms with Gasteiger partial charge in [0.2, 0.25) is 0 Å². The van der Waals surface area contributed by atoms with Gasteiger partial charge in [0.25, 0.3) is 0 Å². The van der Waals surface area contributed by atoms with Crippen LogP contribution in [-0.2, 0) is 24.2 Å². The van der Waals surface area contributed by atoms with Gasteiger partial charge in [-0.1, -0.05) is 43.3 Å². The van der Waals surface area contributed by atoms with Gasteiger partial charge in [-0.25, -0.2) is 4.79 Å². The molecule has 0 radical (unpaired) electrons. The van der Waals surface area contributed by atoms with E-state index in [1.54, 1.807) is 18.4 Å². The molecule has 136 valence electrons. The minimum Gasteiger partial charge on any atom is -0.380 e. The fourth-order valence-electron chi connectivity index (χ4n) is 3.72. The van der Waals surface area contributed by atoms with E-state index in [-0.39, 0.29) is 5.41 Å². The van der Waals surface area contributed by atoms with Crippen molar-refractivity contribution in [3.63, 3.8) is 0 Å². The molecule has 0 atom stereocenters. The number of aromatic nitrogens is 2. The number of thiophene rings is 1. The number of H-pyrrole nitrogens is 1. The second kappa shape index (κ2) is 6.52. The van der Waals surface area contributed by atoms with E-state index in [1.165, 1.54) is 10.4 Å². The molecule has 5 nitrogen and oxygen atoms in total. The Labute approximate surface area is 156 Å². The van der Waals surface area contributed by atoms with E-state index in [2.05, 4.69) is 36.1 Å². The SMILES string of the molecule is COCc1ccccc1-c1sc2c(c1-c1noc(=O)[nH]1)CC(C)(C)CC2. The molecule has 3 aromatic rings. The highest BCUT2D eigenvalue weighted by atomic mass is 32.1. The Bertz CT molecular complexity index is 997. The summed E-state index contributed by atoms with van der Waals surface area (Å²) in [6, 6.07) is 8.24. The van der Waals surface area contributed by atoms with Crippen molar-refractivity contribution in [1.29, 1.82) is 0 Å². The molecule has 6 heteroatoms. The van der Waals surface area contributed by atoms with E-state index < -0.39 is 5.76 Å². The highest BCUT2D eigenvalue weighted by Crippen LogP contribution is 2.48. The zero-order valence-electron chi connectivity index (χ0n) is 15.2. The molecule has 1 aliphatic rings. The average Bonchev–Trinajstić information content (AvgIpc) is 3.17. The van der Waals surface area contributed by atoms with Crippen molar-refractivity contribution in [1.82, 2.24) is 10.1 Å². The lowest BCUT2D eigenvalue weighted by atomic mass is 9.75. The van der Waals surface area contributed by atoms with Gasteiger partial charge in [-0.3, -0.25) is 9.51 Å². The van der Waals surface area contributed by atoms with Crippen molar-refractivity contribution in [2.24, 2.45) is 5.41 Å². The predicted octanol–water partition coefficient (Wildman–Crippen LogP) is 4.42. The highest BCUT2D eigenvalue weighted by molar-refractivity contribution is 7.16. The van der Waals surface area contributed by atoms with E-state index in [4.69, 9.17) is 9.26 Å². The summed E-state index contributed by atoms with van der Waals surface area (Å²) in [4.78, 5) is 16.9. The molecule has 0 amide bonds. The van der Waals surface area contributed by atoms with Gasteiger partial charge >= 0.3 is 5.76 Å². The summed E-state index contributed by atoms with van der Waals surface area (Å²) in [7, 11) is 1.70. The van der Waals surface area contributed by atoms with Crippen LogP contribution in [0.25, 0.3) is 21.8 Å². The molecule has 2 heterocycles. The largest absolute Gasteiger partial charge is 0.439 e. The van der Waals surface area contributed by atoms with E-state index >= 15 is 0 Å². The molecule has 1 aromatic carbocycles. The monoisotopic (exact) mass is 370 g/mol. The standard InChI is InChI=1S/C20H22N2O3S/c1-20(2)9-8-15-14(10-20)16(18-21-19(23)25-22-18)17(26-15)13-7-5-4-6-12(13)11-24-3/h4-7H,8-11H2,1-3H3,(H,21,22,23). The summed E-state index contributed by atoms with van der Waals surface area (Å²) in [5.41, 5.74) is 4.78. The Balaban J connectivity index is 1.96. The van der Waals surface area contributed by atoms with E-state index in [0.29, 0.717) is 12.4 Å². The maximum atomic E-state index is 11.6. The van der Waals surface area contributed by atoms with Gasteiger partial charge in [-0.2, -0.15) is 0 Å². The summed E-state index contributed by atoms with van der Waals surface area (Å²) in [5.74, 6) is -0.00133. The van der Waals surface area contributed by atoms with Gasteiger partial charge in [-0.05, 0) is 41.4 Å². The van der Waals surface area contributed by atoms with Gasteiger partial charge in [0.05, 0.1) is 6.61 Å².